The van der Waals surface area contributed by atoms with E-state index in [0.29, 0.717) is 6.54 Å². The van der Waals surface area contributed by atoms with E-state index in [0.717, 1.165) is 22.2 Å². The third-order valence-electron chi connectivity index (χ3n) is 2.69. The van der Waals surface area contributed by atoms with Crippen molar-refractivity contribution in [2.75, 3.05) is 5.73 Å². The lowest BCUT2D eigenvalue weighted by atomic mass is 10.1. The molecule has 0 saturated carbocycles. The molecule has 0 spiro atoms. The van der Waals surface area contributed by atoms with Crippen molar-refractivity contribution in [3.63, 3.8) is 0 Å². The Morgan fingerprint density at radius 3 is 3.00 bits per heavy atom. The molecule has 0 fully saturated rings. The van der Waals surface area contributed by atoms with Crippen molar-refractivity contribution in [3.05, 3.63) is 48.7 Å². The van der Waals surface area contributed by atoms with Crippen molar-refractivity contribution >= 4 is 16.6 Å². The van der Waals surface area contributed by atoms with Gasteiger partial charge in [0.05, 0.1) is 12.1 Å². The average Bonchev–Trinajstić information content (AvgIpc) is 2.86. The summed E-state index contributed by atoms with van der Waals surface area (Å²) in [5.74, 6) is 0. The number of rotatable bonds is 2. The molecule has 3 aromatic rings. The third kappa shape index (κ3) is 1.71. The van der Waals surface area contributed by atoms with Gasteiger partial charge in [0.15, 0.2) is 0 Å². The Morgan fingerprint density at radius 2 is 2.18 bits per heavy atom. The van der Waals surface area contributed by atoms with Crippen molar-refractivity contribution in [1.82, 2.24) is 19.7 Å². The van der Waals surface area contributed by atoms with Crippen molar-refractivity contribution in [2.24, 2.45) is 0 Å². The maximum atomic E-state index is 5.92. The number of hydrogen-bond acceptors (Lipinski definition) is 4. The molecular weight excluding hydrogens is 214 g/mol. The predicted molar refractivity (Wildman–Crippen MR) is 65.3 cm³/mol. The van der Waals surface area contributed by atoms with Gasteiger partial charge in [-0.2, -0.15) is 5.10 Å². The van der Waals surface area contributed by atoms with E-state index in [2.05, 4.69) is 15.1 Å². The SMILES string of the molecule is Nc1ccc(Cn2cncn2)c2ncccc12. The van der Waals surface area contributed by atoms with Gasteiger partial charge in [-0.15, -0.1) is 0 Å². The van der Waals surface area contributed by atoms with E-state index in [1.54, 1.807) is 17.2 Å². The minimum atomic E-state index is 0.647. The Hall–Kier alpha value is -2.43. The molecule has 1 aromatic carbocycles. The molecular formula is C12H11N5. The van der Waals surface area contributed by atoms with E-state index in [9.17, 15) is 0 Å². The normalized spacial score (nSPS) is 10.8. The molecule has 0 aliphatic rings. The van der Waals surface area contributed by atoms with Crippen LogP contribution in [0.3, 0.4) is 0 Å². The molecule has 17 heavy (non-hydrogen) atoms. The Balaban J connectivity index is 2.14. The lowest BCUT2D eigenvalue weighted by Gasteiger charge is -2.07. The van der Waals surface area contributed by atoms with Crippen molar-refractivity contribution in [2.45, 2.75) is 6.54 Å². The van der Waals surface area contributed by atoms with Crippen LogP contribution in [0.25, 0.3) is 10.9 Å². The second kappa shape index (κ2) is 3.86. The first-order valence-corrected chi connectivity index (χ1v) is 5.29. The number of aromatic nitrogens is 4. The number of fused-ring (bicyclic) bond motifs is 1. The second-order valence-corrected chi connectivity index (χ2v) is 3.81. The molecule has 0 atom stereocenters. The summed E-state index contributed by atoms with van der Waals surface area (Å²) >= 11 is 0. The monoisotopic (exact) mass is 225 g/mol. The van der Waals surface area contributed by atoms with Crippen molar-refractivity contribution in [3.8, 4) is 0 Å². The van der Waals surface area contributed by atoms with Crippen LogP contribution in [0, 0.1) is 0 Å². The Labute approximate surface area is 97.9 Å². The highest BCUT2D eigenvalue weighted by molar-refractivity contribution is 5.92. The van der Waals surface area contributed by atoms with E-state index in [4.69, 9.17) is 5.73 Å². The first-order valence-electron chi connectivity index (χ1n) is 5.29. The molecule has 2 heterocycles. The summed E-state index contributed by atoms with van der Waals surface area (Å²) in [7, 11) is 0. The molecule has 0 bridgehead atoms. The zero-order valence-corrected chi connectivity index (χ0v) is 9.11. The van der Waals surface area contributed by atoms with E-state index < -0.39 is 0 Å². The first kappa shape index (κ1) is 9.77. The Morgan fingerprint density at radius 1 is 1.24 bits per heavy atom. The predicted octanol–water partition coefficient (Wildman–Crippen LogP) is 1.46. The molecule has 2 N–H and O–H groups in total. The van der Waals surface area contributed by atoms with E-state index in [1.807, 2.05) is 24.3 Å². The van der Waals surface area contributed by atoms with Crippen LogP contribution in [0.15, 0.2) is 43.1 Å². The van der Waals surface area contributed by atoms with Gasteiger partial charge in [0.1, 0.15) is 12.7 Å². The molecule has 0 unspecified atom stereocenters. The standard InChI is InChI=1S/C12H11N5/c13-11-4-3-9(6-17-8-14-7-16-17)12-10(11)2-1-5-15-12/h1-5,7-8H,6,13H2. The smallest absolute Gasteiger partial charge is 0.137 e. The Bertz CT molecular complexity index is 645. The molecule has 84 valence electrons. The van der Waals surface area contributed by atoms with Gasteiger partial charge in [-0.1, -0.05) is 6.07 Å². The molecule has 0 aliphatic heterocycles. The molecule has 5 nitrogen and oxygen atoms in total. The van der Waals surface area contributed by atoms with E-state index in [1.165, 1.54) is 6.33 Å². The third-order valence-corrected chi connectivity index (χ3v) is 2.69. The van der Waals surface area contributed by atoms with Crippen LogP contribution in [0.2, 0.25) is 0 Å². The van der Waals surface area contributed by atoms with Gasteiger partial charge in [0, 0.05) is 22.8 Å². The van der Waals surface area contributed by atoms with Crippen LogP contribution >= 0.6 is 0 Å². The highest BCUT2D eigenvalue weighted by Crippen LogP contribution is 2.22. The molecule has 5 heteroatoms. The van der Waals surface area contributed by atoms with Gasteiger partial charge >= 0.3 is 0 Å². The maximum absolute atomic E-state index is 5.92. The first-order chi connectivity index (χ1) is 8.34. The summed E-state index contributed by atoms with van der Waals surface area (Å²) < 4.78 is 1.76. The van der Waals surface area contributed by atoms with Crippen LogP contribution in [-0.4, -0.2) is 19.7 Å². The van der Waals surface area contributed by atoms with Gasteiger partial charge in [-0.25, -0.2) is 9.67 Å². The topological polar surface area (TPSA) is 69.6 Å². The summed E-state index contributed by atoms with van der Waals surface area (Å²) in [5, 5.41) is 5.06. The largest absolute Gasteiger partial charge is 0.398 e. The molecule has 0 aliphatic carbocycles. The van der Waals surface area contributed by atoms with Crippen LogP contribution in [0.1, 0.15) is 5.56 Å². The molecule has 2 aromatic heterocycles. The quantitative estimate of drug-likeness (QED) is 0.670. The van der Waals surface area contributed by atoms with Crippen LogP contribution in [0.5, 0.6) is 0 Å². The van der Waals surface area contributed by atoms with Gasteiger partial charge < -0.3 is 5.73 Å². The van der Waals surface area contributed by atoms with Crippen molar-refractivity contribution < 1.29 is 0 Å². The second-order valence-electron chi connectivity index (χ2n) is 3.81. The van der Waals surface area contributed by atoms with E-state index in [-0.39, 0.29) is 0 Å². The summed E-state index contributed by atoms with van der Waals surface area (Å²) in [6.45, 7) is 0.647. The zero-order valence-electron chi connectivity index (χ0n) is 9.11. The number of anilines is 1. The number of benzene rings is 1. The number of nitrogens with two attached hydrogens (primary N) is 1. The average molecular weight is 225 g/mol. The minimum Gasteiger partial charge on any atom is -0.398 e. The Kier molecular flexibility index (Phi) is 2.22. The summed E-state index contributed by atoms with van der Waals surface area (Å²) in [5.41, 5.74) is 8.67. The molecule has 0 radical (unpaired) electrons. The van der Waals surface area contributed by atoms with Gasteiger partial charge in [-0.05, 0) is 18.2 Å². The van der Waals surface area contributed by atoms with Crippen LogP contribution in [0.4, 0.5) is 5.69 Å². The zero-order chi connectivity index (χ0) is 11.7. The van der Waals surface area contributed by atoms with Gasteiger partial charge in [0.2, 0.25) is 0 Å². The van der Waals surface area contributed by atoms with Crippen LogP contribution < -0.4 is 5.73 Å². The lowest BCUT2D eigenvalue weighted by molar-refractivity contribution is 0.687. The fourth-order valence-corrected chi connectivity index (χ4v) is 1.87. The number of nitrogens with zero attached hydrogens (tertiary/aromatic N) is 4. The molecule has 3 rings (SSSR count). The number of pyridine rings is 1. The molecule has 0 amide bonds. The highest BCUT2D eigenvalue weighted by Gasteiger charge is 2.05. The van der Waals surface area contributed by atoms with Gasteiger partial charge in [-0.3, -0.25) is 4.98 Å². The fraction of sp³-hybridized carbons (Fsp3) is 0.0833. The maximum Gasteiger partial charge on any atom is 0.137 e. The molecule has 0 saturated heterocycles. The highest BCUT2D eigenvalue weighted by atomic mass is 15.3. The summed E-state index contributed by atoms with van der Waals surface area (Å²) in [6.07, 6.45) is 4.98. The lowest BCUT2D eigenvalue weighted by Crippen LogP contribution is -2.02. The van der Waals surface area contributed by atoms with Crippen LogP contribution in [-0.2, 0) is 6.54 Å². The van der Waals surface area contributed by atoms with E-state index >= 15 is 0 Å². The number of nitrogen functional groups attached to an aromatic ring is 1. The number of hydrogen-bond donors (Lipinski definition) is 1. The minimum absolute atomic E-state index is 0.647. The fourth-order valence-electron chi connectivity index (χ4n) is 1.87. The van der Waals surface area contributed by atoms with Gasteiger partial charge in [0.25, 0.3) is 0 Å². The summed E-state index contributed by atoms with van der Waals surface area (Å²) in [6, 6.07) is 7.74. The summed E-state index contributed by atoms with van der Waals surface area (Å²) in [4.78, 5) is 8.30. The van der Waals surface area contributed by atoms with Crippen molar-refractivity contribution in [1.29, 1.82) is 0 Å².